The van der Waals surface area contributed by atoms with E-state index in [0.717, 1.165) is 0 Å². The standard InChI is InChI=1S/C11H8F3NO/c1-7-6-8-4-2-3-5-9(8)15(7)10(16)11(12,13)14/h2-6H,1H3. The molecule has 84 valence electrons. The van der Waals surface area contributed by atoms with Crippen LogP contribution in [0.25, 0.3) is 10.9 Å². The maximum absolute atomic E-state index is 12.3. The molecule has 0 aliphatic carbocycles. The molecule has 1 aromatic heterocycles. The van der Waals surface area contributed by atoms with Crippen LogP contribution in [0.15, 0.2) is 30.3 Å². The van der Waals surface area contributed by atoms with Crippen molar-refractivity contribution in [1.29, 1.82) is 0 Å². The van der Waals surface area contributed by atoms with Crippen molar-refractivity contribution in [3.05, 3.63) is 36.0 Å². The number of hydrogen-bond donors (Lipinski definition) is 0. The fourth-order valence-electron chi connectivity index (χ4n) is 1.69. The van der Waals surface area contributed by atoms with Crippen LogP contribution in [-0.4, -0.2) is 16.7 Å². The molecule has 0 radical (unpaired) electrons. The van der Waals surface area contributed by atoms with E-state index >= 15 is 0 Å². The molecule has 2 aromatic rings. The number of aromatic nitrogens is 1. The lowest BCUT2D eigenvalue weighted by atomic mass is 10.2. The Labute approximate surface area is 89.3 Å². The topological polar surface area (TPSA) is 22.0 Å². The predicted molar refractivity (Wildman–Crippen MR) is 53.4 cm³/mol. The molecule has 2 nitrogen and oxygen atoms in total. The SMILES string of the molecule is Cc1cc2ccccc2n1C(=O)C(F)(F)F. The number of hydrogen-bond acceptors (Lipinski definition) is 1. The summed E-state index contributed by atoms with van der Waals surface area (Å²) in [5.41, 5.74) is 0.561. The van der Waals surface area contributed by atoms with Gasteiger partial charge >= 0.3 is 12.1 Å². The average molecular weight is 227 g/mol. The van der Waals surface area contributed by atoms with Crippen molar-refractivity contribution in [1.82, 2.24) is 4.57 Å². The van der Waals surface area contributed by atoms with Gasteiger partial charge in [0.2, 0.25) is 0 Å². The molecular formula is C11H8F3NO. The lowest BCUT2D eigenvalue weighted by molar-refractivity contribution is -0.0944. The molecule has 0 fully saturated rings. The summed E-state index contributed by atoms with van der Waals surface area (Å²) < 4.78 is 37.7. The van der Waals surface area contributed by atoms with Gasteiger partial charge in [-0.05, 0) is 19.1 Å². The second-order valence-electron chi connectivity index (χ2n) is 3.48. The summed E-state index contributed by atoms with van der Waals surface area (Å²) in [6.45, 7) is 1.48. The average Bonchev–Trinajstić information content (AvgIpc) is 2.51. The van der Waals surface area contributed by atoms with E-state index in [4.69, 9.17) is 0 Å². The van der Waals surface area contributed by atoms with E-state index in [9.17, 15) is 18.0 Å². The van der Waals surface area contributed by atoms with Crippen LogP contribution in [0, 0.1) is 6.92 Å². The maximum atomic E-state index is 12.3. The van der Waals surface area contributed by atoms with Crippen molar-refractivity contribution in [2.75, 3.05) is 0 Å². The zero-order chi connectivity index (χ0) is 11.9. The molecule has 1 heterocycles. The van der Waals surface area contributed by atoms with Crippen LogP contribution >= 0.6 is 0 Å². The molecule has 0 saturated carbocycles. The van der Waals surface area contributed by atoms with Crippen LogP contribution < -0.4 is 0 Å². The van der Waals surface area contributed by atoms with Crippen LogP contribution in [0.3, 0.4) is 0 Å². The number of carbonyl (C=O) groups excluding carboxylic acids is 1. The summed E-state index contributed by atoms with van der Waals surface area (Å²) in [6, 6.07) is 8.03. The number of nitrogens with zero attached hydrogens (tertiary/aromatic N) is 1. The second kappa shape index (κ2) is 3.37. The molecule has 0 saturated heterocycles. The first-order valence-corrected chi connectivity index (χ1v) is 4.60. The largest absolute Gasteiger partial charge is 0.472 e. The highest BCUT2D eigenvalue weighted by molar-refractivity contribution is 5.96. The number of para-hydroxylation sites is 1. The van der Waals surface area contributed by atoms with Gasteiger partial charge in [-0.25, -0.2) is 0 Å². The summed E-state index contributed by atoms with van der Waals surface area (Å²) in [4.78, 5) is 11.2. The summed E-state index contributed by atoms with van der Waals surface area (Å²) in [7, 11) is 0. The predicted octanol–water partition coefficient (Wildman–Crippen LogP) is 3.15. The van der Waals surface area contributed by atoms with E-state index in [1.54, 1.807) is 24.3 Å². The molecule has 5 heteroatoms. The zero-order valence-corrected chi connectivity index (χ0v) is 8.38. The van der Waals surface area contributed by atoms with Crippen molar-refractivity contribution in [2.24, 2.45) is 0 Å². The lowest BCUT2D eigenvalue weighted by Crippen LogP contribution is -2.29. The quantitative estimate of drug-likeness (QED) is 0.677. The van der Waals surface area contributed by atoms with Crippen molar-refractivity contribution in [2.45, 2.75) is 13.1 Å². The van der Waals surface area contributed by atoms with Crippen molar-refractivity contribution < 1.29 is 18.0 Å². The van der Waals surface area contributed by atoms with Gasteiger partial charge in [-0.15, -0.1) is 0 Å². The number of rotatable bonds is 0. The molecule has 0 aliphatic heterocycles. The normalized spacial score (nSPS) is 12.0. The van der Waals surface area contributed by atoms with E-state index in [1.165, 1.54) is 13.0 Å². The number of fused-ring (bicyclic) bond motifs is 1. The number of carbonyl (C=O) groups is 1. The van der Waals surface area contributed by atoms with Gasteiger partial charge < -0.3 is 0 Å². The number of halogens is 3. The highest BCUT2D eigenvalue weighted by Crippen LogP contribution is 2.25. The van der Waals surface area contributed by atoms with Crippen molar-refractivity contribution in [3.63, 3.8) is 0 Å². The van der Waals surface area contributed by atoms with Gasteiger partial charge in [-0.2, -0.15) is 13.2 Å². The Hall–Kier alpha value is -1.78. The van der Waals surface area contributed by atoms with Gasteiger partial charge in [-0.1, -0.05) is 18.2 Å². The Morgan fingerprint density at radius 2 is 1.88 bits per heavy atom. The van der Waals surface area contributed by atoms with Crippen LogP contribution in [0.4, 0.5) is 13.2 Å². The van der Waals surface area contributed by atoms with Crippen LogP contribution in [0.2, 0.25) is 0 Å². The van der Waals surface area contributed by atoms with Crippen molar-refractivity contribution >= 4 is 16.8 Å². The van der Waals surface area contributed by atoms with E-state index < -0.39 is 12.1 Å². The Bertz CT molecular complexity index is 554. The molecule has 2 rings (SSSR count). The zero-order valence-electron chi connectivity index (χ0n) is 8.38. The monoisotopic (exact) mass is 227 g/mol. The Kier molecular flexibility index (Phi) is 2.26. The second-order valence-corrected chi connectivity index (χ2v) is 3.48. The lowest BCUT2D eigenvalue weighted by Gasteiger charge is -2.09. The Morgan fingerprint density at radius 3 is 2.50 bits per heavy atom. The third kappa shape index (κ3) is 1.58. The smallest absolute Gasteiger partial charge is 0.277 e. The highest BCUT2D eigenvalue weighted by atomic mass is 19.4. The van der Waals surface area contributed by atoms with E-state index in [-0.39, 0.29) is 11.2 Å². The molecule has 0 amide bonds. The fraction of sp³-hybridized carbons (Fsp3) is 0.182. The third-order valence-corrected chi connectivity index (χ3v) is 2.34. The minimum absolute atomic E-state index is 0.280. The Balaban J connectivity index is 2.69. The van der Waals surface area contributed by atoms with Gasteiger partial charge in [0, 0.05) is 11.1 Å². The minimum Gasteiger partial charge on any atom is -0.277 e. The first-order valence-electron chi connectivity index (χ1n) is 4.60. The van der Waals surface area contributed by atoms with Gasteiger partial charge in [0.05, 0.1) is 5.52 Å². The molecule has 16 heavy (non-hydrogen) atoms. The van der Waals surface area contributed by atoms with E-state index in [0.29, 0.717) is 9.95 Å². The molecule has 0 bridgehead atoms. The summed E-state index contributed by atoms with van der Waals surface area (Å²) in [5, 5.41) is 0.623. The van der Waals surface area contributed by atoms with Gasteiger partial charge in [0.15, 0.2) is 0 Å². The van der Waals surface area contributed by atoms with Gasteiger partial charge in [0.1, 0.15) is 0 Å². The summed E-state index contributed by atoms with van der Waals surface area (Å²) in [6.07, 6.45) is -4.85. The fourth-order valence-corrected chi connectivity index (χ4v) is 1.69. The van der Waals surface area contributed by atoms with Crippen molar-refractivity contribution in [3.8, 4) is 0 Å². The summed E-state index contributed by atoms with van der Waals surface area (Å²) >= 11 is 0. The third-order valence-electron chi connectivity index (χ3n) is 2.34. The van der Waals surface area contributed by atoms with Crippen LogP contribution in [0.5, 0.6) is 0 Å². The molecule has 0 unspecified atom stereocenters. The molecule has 0 aliphatic rings. The molecular weight excluding hydrogens is 219 g/mol. The first kappa shape index (κ1) is 10.7. The number of benzene rings is 1. The van der Waals surface area contributed by atoms with Crippen LogP contribution in [0.1, 0.15) is 10.5 Å². The molecule has 0 N–H and O–H groups in total. The number of aryl methyl sites for hydroxylation is 1. The Morgan fingerprint density at radius 1 is 1.25 bits per heavy atom. The molecule has 0 atom stereocenters. The van der Waals surface area contributed by atoms with E-state index in [1.807, 2.05) is 0 Å². The maximum Gasteiger partial charge on any atom is 0.472 e. The van der Waals surface area contributed by atoms with Crippen LogP contribution in [-0.2, 0) is 0 Å². The summed E-state index contributed by atoms with van der Waals surface area (Å²) in [5.74, 6) is -1.86. The van der Waals surface area contributed by atoms with Gasteiger partial charge in [0.25, 0.3) is 0 Å². The first-order chi connectivity index (χ1) is 7.41. The van der Waals surface area contributed by atoms with Gasteiger partial charge in [-0.3, -0.25) is 9.36 Å². The minimum atomic E-state index is -4.85. The number of alkyl halides is 3. The highest BCUT2D eigenvalue weighted by Gasteiger charge is 2.41. The van der Waals surface area contributed by atoms with E-state index in [2.05, 4.69) is 0 Å². The molecule has 1 aromatic carbocycles. The molecule has 0 spiro atoms.